The summed E-state index contributed by atoms with van der Waals surface area (Å²) < 4.78 is 10.7. The van der Waals surface area contributed by atoms with Crippen molar-refractivity contribution in [3.63, 3.8) is 0 Å². The van der Waals surface area contributed by atoms with Crippen LogP contribution >= 0.6 is 0 Å². The van der Waals surface area contributed by atoms with Crippen molar-refractivity contribution in [2.45, 2.75) is 65.4 Å². The van der Waals surface area contributed by atoms with Crippen LogP contribution in [0, 0.1) is 0 Å². The number of rotatable bonds is 2. The number of ether oxygens (including phenoxy) is 2. The number of nitrogens with zero attached hydrogens (tertiary/aromatic N) is 1. The monoisotopic (exact) mass is 281 g/mol. The van der Waals surface area contributed by atoms with Gasteiger partial charge in [0, 0.05) is 0 Å². The quantitative estimate of drug-likeness (QED) is 0.874. The normalized spacial score (nSPS) is 18.8. The van der Waals surface area contributed by atoms with Gasteiger partial charge in [0.2, 0.25) is 0 Å². The van der Waals surface area contributed by atoms with Crippen LogP contribution in [-0.4, -0.2) is 21.7 Å². The molecule has 0 radical (unpaired) electrons. The van der Waals surface area contributed by atoms with Crippen molar-refractivity contribution in [1.82, 2.24) is 15.3 Å². The number of aromatic amines is 1. The Bertz CT molecular complexity index is 514. The molecule has 0 fully saturated rings. The van der Waals surface area contributed by atoms with E-state index in [0.717, 1.165) is 11.4 Å². The van der Waals surface area contributed by atoms with Crippen LogP contribution in [0.15, 0.2) is 0 Å². The van der Waals surface area contributed by atoms with E-state index in [0.29, 0.717) is 12.4 Å². The van der Waals surface area contributed by atoms with Crippen LogP contribution in [0.5, 0.6) is 0 Å². The molecule has 2 heterocycles. The molecule has 1 aliphatic heterocycles. The van der Waals surface area contributed by atoms with E-state index >= 15 is 0 Å². The molecule has 20 heavy (non-hydrogen) atoms. The fourth-order valence-electron chi connectivity index (χ4n) is 2.07. The van der Waals surface area contributed by atoms with Crippen LogP contribution < -0.4 is 5.32 Å². The number of alkyl carbamates (subject to hydrolysis) is 1. The smallest absolute Gasteiger partial charge is 0.408 e. The number of hydrogen-bond donors (Lipinski definition) is 2. The molecule has 6 nitrogen and oxygen atoms in total. The Hall–Kier alpha value is -1.56. The summed E-state index contributed by atoms with van der Waals surface area (Å²) in [6.45, 7) is 11.8. The van der Waals surface area contributed by atoms with Gasteiger partial charge in [-0.1, -0.05) is 0 Å². The Morgan fingerprint density at radius 3 is 2.60 bits per heavy atom. The Morgan fingerprint density at radius 1 is 1.40 bits per heavy atom. The summed E-state index contributed by atoms with van der Waals surface area (Å²) in [5.74, 6) is 0.712. The minimum absolute atomic E-state index is 0.00710. The Kier molecular flexibility index (Phi) is 3.54. The van der Waals surface area contributed by atoms with Gasteiger partial charge in [-0.25, -0.2) is 9.78 Å². The highest BCUT2D eigenvalue weighted by molar-refractivity contribution is 5.68. The first-order valence-corrected chi connectivity index (χ1v) is 6.80. The van der Waals surface area contributed by atoms with E-state index in [1.165, 1.54) is 0 Å². The largest absolute Gasteiger partial charge is 0.444 e. The maximum Gasteiger partial charge on any atom is 0.408 e. The molecular formula is C14H23N3O3. The van der Waals surface area contributed by atoms with Crippen LogP contribution in [0.4, 0.5) is 4.79 Å². The molecule has 0 bridgehead atoms. The molecule has 112 valence electrons. The SMILES string of the molecule is CC1OCc2[nH]c(C(C)(C)NC(=O)OC(C)(C)C)nc21. The molecule has 1 unspecified atom stereocenters. The fourth-order valence-corrected chi connectivity index (χ4v) is 2.07. The maximum atomic E-state index is 11.9. The zero-order valence-corrected chi connectivity index (χ0v) is 13.0. The summed E-state index contributed by atoms with van der Waals surface area (Å²) in [4.78, 5) is 19.7. The molecular weight excluding hydrogens is 258 g/mol. The van der Waals surface area contributed by atoms with Crippen LogP contribution in [0.2, 0.25) is 0 Å². The van der Waals surface area contributed by atoms with Gasteiger partial charge in [-0.2, -0.15) is 0 Å². The average Bonchev–Trinajstić information content (AvgIpc) is 2.77. The molecule has 2 rings (SSSR count). The summed E-state index contributed by atoms with van der Waals surface area (Å²) in [5.41, 5.74) is 0.741. The molecule has 1 aromatic rings. The standard InChI is InChI=1S/C14H23N3O3/c1-8-10-9(7-19-8)15-11(16-10)14(5,6)17-12(18)20-13(2,3)4/h8H,7H2,1-6H3,(H,15,16)(H,17,18). The van der Waals surface area contributed by atoms with Crippen molar-refractivity contribution < 1.29 is 14.3 Å². The number of imidazole rings is 1. The van der Waals surface area contributed by atoms with Crippen molar-refractivity contribution >= 4 is 6.09 Å². The number of aromatic nitrogens is 2. The second-order valence-corrected chi connectivity index (χ2v) is 6.65. The van der Waals surface area contributed by atoms with E-state index < -0.39 is 17.2 Å². The lowest BCUT2D eigenvalue weighted by Crippen LogP contribution is -2.44. The van der Waals surface area contributed by atoms with Gasteiger partial charge in [0.25, 0.3) is 0 Å². The summed E-state index contributed by atoms with van der Waals surface area (Å²) in [6.07, 6.45) is -0.462. The highest BCUT2D eigenvalue weighted by atomic mass is 16.6. The number of carbonyl (C=O) groups is 1. The lowest BCUT2D eigenvalue weighted by molar-refractivity contribution is 0.0464. The van der Waals surface area contributed by atoms with Gasteiger partial charge in [-0.05, 0) is 41.5 Å². The van der Waals surface area contributed by atoms with Gasteiger partial charge in [0.05, 0.1) is 29.6 Å². The van der Waals surface area contributed by atoms with Crippen molar-refractivity contribution in [1.29, 1.82) is 0 Å². The number of amides is 1. The van der Waals surface area contributed by atoms with Crippen LogP contribution in [0.1, 0.15) is 64.9 Å². The van der Waals surface area contributed by atoms with Crippen LogP contribution in [0.3, 0.4) is 0 Å². The molecule has 0 saturated carbocycles. The molecule has 1 atom stereocenters. The first-order chi connectivity index (χ1) is 9.08. The third-order valence-corrected chi connectivity index (χ3v) is 3.08. The molecule has 1 amide bonds. The first-order valence-electron chi connectivity index (χ1n) is 6.80. The fraction of sp³-hybridized carbons (Fsp3) is 0.714. The van der Waals surface area contributed by atoms with E-state index in [1.54, 1.807) is 0 Å². The number of fused-ring (bicyclic) bond motifs is 1. The van der Waals surface area contributed by atoms with E-state index in [9.17, 15) is 4.79 Å². The zero-order valence-electron chi connectivity index (χ0n) is 13.0. The highest BCUT2D eigenvalue weighted by Gasteiger charge is 2.32. The lowest BCUT2D eigenvalue weighted by atomic mass is 10.1. The summed E-state index contributed by atoms with van der Waals surface area (Å²) >= 11 is 0. The highest BCUT2D eigenvalue weighted by Crippen LogP contribution is 2.30. The second kappa shape index (κ2) is 4.77. The van der Waals surface area contributed by atoms with Gasteiger partial charge < -0.3 is 19.8 Å². The molecule has 2 N–H and O–H groups in total. The summed E-state index contributed by atoms with van der Waals surface area (Å²) in [7, 11) is 0. The Morgan fingerprint density at radius 2 is 2.05 bits per heavy atom. The van der Waals surface area contributed by atoms with E-state index in [2.05, 4.69) is 15.3 Å². The zero-order chi connectivity index (χ0) is 15.1. The topological polar surface area (TPSA) is 76.2 Å². The van der Waals surface area contributed by atoms with Gasteiger partial charge >= 0.3 is 6.09 Å². The molecule has 0 aromatic carbocycles. The third-order valence-electron chi connectivity index (χ3n) is 3.08. The number of nitrogens with one attached hydrogen (secondary N) is 2. The molecule has 0 spiro atoms. The predicted molar refractivity (Wildman–Crippen MR) is 74.2 cm³/mol. The summed E-state index contributed by atoms with van der Waals surface area (Å²) in [6, 6.07) is 0. The van der Waals surface area contributed by atoms with E-state index in [-0.39, 0.29) is 6.10 Å². The molecule has 0 saturated heterocycles. The van der Waals surface area contributed by atoms with Crippen molar-refractivity contribution in [3.05, 3.63) is 17.2 Å². The number of carbonyl (C=O) groups excluding carboxylic acids is 1. The summed E-state index contributed by atoms with van der Waals surface area (Å²) in [5, 5.41) is 2.84. The van der Waals surface area contributed by atoms with Gasteiger partial charge in [0.15, 0.2) is 0 Å². The minimum atomic E-state index is -0.633. The predicted octanol–water partition coefficient (Wildman–Crippen LogP) is 2.76. The Labute approximate surface area is 119 Å². The van der Waals surface area contributed by atoms with Gasteiger partial charge in [0.1, 0.15) is 11.4 Å². The van der Waals surface area contributed by atoms with E-state index in [1.807, 2.05) is 41.5 Å². The average molecular weight is 281 g/mol. The van der Waals surface area contributed by atoms with Gasteiger partial charge in [-0.3, -0.25) is 0 Å². The molecule has 0 aliphatic carbocycles. The maximum absolute atomic E-state index is 11.9. The second-order valence-electron chi connectivity index (χ2n) is 6.65. The van der Waals surface area contributed by atoms with Crippen molar-refractivity contribution in [3.8, 4) is 0 Å². The minimum Gasteiger partial charge on any atom is -0.444 e. The molecule has 1 aliphatic rings. The molecule has 6 heteroatoms. The van der Waals surface area contributed by atoms with Crippen molar-refractivity contribution in [2.24, 2.45) is 0 Å². The third kappa shape index (κ3) is 3.12. The molecule has 1 aromatic heterocycles. The number of hydrogen-bond acceptors (Lipinski definition) is 4. The van der Waals surface area contributed by atoms with Gasteiger partial charge in [-0.15, -0.1) is 0 Å². The first kappa shape index (κ1) is 14.8. The van der Waals surface area contributed by atoms with Crippen LogP contribution in [-0.2, 0) is 21.6 Å². The van der Waals surface area contributed by atoms with Crippen LogP contribution in [0.25, 0.3) is 0 Å². The number of H-pyrrole nitrogens is 1. The van der Waals surface area contributed by atoms with Crippen molar-refractivity contribution in [2.75, 3.05) is 0 Å². The van der Waals surface area contributed by atoms with E-state index in [4.69, 9.17) is 9.47 Å². The lowest BCUT2D eigenvalue weighted by Gasteiger charge is -2.27. The Balaban J connectivity index is 2.11.